The molecule has 2 amide bonds. The van der Waals surface area contributed by atoms with Crippen LogP contribution in [0.2, 0.25) is 0 Å². The number of carbonyl (C=O) groups is 2. The summed E-state index contributed by atoms with van der Waals surface area (Å²) >= 11 is 0. The maximum Gasteiger partial charge on any atom is 0.274 e. The van der Waals surface area contributed by atoms with Gasteiger partial charge in [-0.1, -0.05) is 25.1 Å². The van der Waals surface area contributed by atoms with E-state index in [4.69, 9.17) is 0 Å². The molecule has 0 aliphatic heterocycles. The third kappa shape index (κ3) is 4.76. The van der Waals surface area contributed by atoms with E-state index in [9.17, 15) is 14.0 Å². The summed E-state index contributed by atoms with van der Waals surface area (Å²) in [6, 6.07) is 16.0. The second kappa shape index (κ2) is 8.23. The van der Waals surface area contributed by atoms with Crippen LogP contribution < -0.4 is 10.6 Å². The van der Waals surface area contributed by atoms with E-state index in [1.807, 2.05) is 24.3 Å². The molecule has 1 aromatic heterocycles. The number of hydrogen-bond donors (Lipinski definition) is 2. The number of carbonyl (C=O) groups excluding carboxylic acids is 2. The van der Waals surface area contributed by atoms with E-state index in [1.165, 1.54) is 42.1 Å². The van der Waals surface area contributed by atoms with Crippen molar-refractivity contribution >= 4 is 23.2 Å². The molecular formula is C21H18FN3O2. The molecule has 136 valence electrons. The molecule has 3 rings (SSSR count). The van der Waals surface area contributed by atoms with Gasteiger partial charge in [0.25, 0.3) is 11.8 Å². The number of anilines is 2. The summed E-state index contributed by atoms with van der Waals surface area (Å²) in [5.41, 5.74) is 2.51. The Labute approximate surface area is 156 Å². The predicted molar refractivity (Wildman–Crippen MR) is 102 cm³/mol. The molecule has 0 unspecified atom stereocenters. The van der Waals surface area contributed by atoms with Crippen molar-refractivity contribution in [3.8, 4) is 0 Å². The van der Waals surface area contributed by atoms with Gasteiger partial charge < -0.3 is 10.6 Å². The second-order valence-electron chi connectivity index (χ2n) is 5.90. The van der Waals surface area contributed by atoms with Crippen molar-refractivity contribution in [2.75, 3.05) is 10.6 Å². The lowest BCUT2D eigenvalue weighted by Gasteiger charge is -2.08. The van der Waals surface area contributed by atoms with Crippen molar-refractivity contribution in [3.05, 3.63) is 89.5 Å². The van der Waals surface area contributed by atoms with Crippen LogP contribution >= 0.6 is 0 Å². The van der Waals surface area contributed by atoms with Crippen LogP contribution in [0, 0.1) is 5.82 Å². The average molecular weight is 363 g/mol. The Balaban J connectivity index is 1.71. The first-order chi connectivity index (χ1) is 13.0. The van der Waals surface area contributed by atoms with E-state index in [1.54, 1.807) is 6.07 Å². The molecule has 27 heavy (non-hydrogen) atoms. The lowest BCUT2D eigenvalue weighted by Crippen LogP contribution is -2.17. The molecule has 0 bridgehead atoms. The number of halogens is 1. The number of pyridine rings is 1. The topological polar surface area (TPSA) is 71.1 Å². The Morgan fingerprint density at radius 3 is 2.37 bits per heavy atom. The van der Waals surface area contributed by atoms with Crippen LogP contribution in [0.1, 0.15) is 33.3 Å². The average Bonchev–Trinajstić information content (AvgIpc) is 2.68. The molecule has 1 heterocycles. The Morgan fingerprint density at radius 1 is 0.926 bits per heavy atom. The highest BCUT2D eigenvalue weighted by molar-refractivity contribution is 6.07. The first-order valence-corrected chi connectivity index (χ1v) is 8.48. The standard InChI is InChI=1S/C21H18FN3O2/c1-2-14-6-8-17(9-7-14)24-21(27)19-12-15(10-11-23-19)20(26)25-18-5-3-4-16(22)13-18/h3-13H,2H2,1H3,(H,24,27)(H,25,26). The first-order valence-electron chi connectivity index (χ1n) is 8.48. The molecule has 5 nitrogen and oxygen atoms in total. The third-order valence-corrected chi connectivity index (χ3v) is 3.96. The van der Waals surface area contributed by atoms with Gasteiger partial charge in [0.1, 0.15) is 11.5 Å². The maximum absolute atomic E-state index is 13.2. The van der Waals surface area contributed by atoms with E-state index in [2.05, 4.69) is 22.5 Å². The molecule has 0 saturated heterocycles. The van der Waals surface area contributed by atoms with Crippen LogP contribution in [0.15, 0.2) is 66.9 Å². The highest BCUT2D eigenvalue weighted by Gasteiger charge is 2.13. The van der Waals surface area contributed by atoms with Gasteiger partial charge in [-0.15, -0.1) is 0 Å². The van der Waals surface area contributed by atoms with Crippen molar-refractivity contribution < 1.29 is 14.0 Å². The minimum atomic E-state index is -0.454. The van der Waals surface area contributed by atoms with Crippen LogP contribution in [0.3, 0.4) is 0 Å². The summed E-state index contributed by atoms with van der Waals surface area (Å²) in [6.45, 7) is 2.05. The molecular weight excluding hydrogens is 345 g/mol. The van der Waals surface area contributed by atoms with E-state index in [0.717, 1.165) is 6.42 Å². The van der Waals surface area contributed by atoms with Gasteiger partial charge in [-0.25, -0.2) is 4.39 Å². The van der Waals surface area contributed by atoms with Crippen molar-refractivity contribution in [2.45, 2.75) is 13.3 Å². The van der Waals surface area contributed by atoms with Gasteiger partial charge in [0.15, 0.2) is 0 Å². The molecule has 0 spiro atoms. The van der Waals surface area contributed by atoms with Gasteiger partial charge in [0, 0.05) is 23.1 Å². The molecule has 6 heteroatoms. The van der Waals surface area contributed by atoms with Gasteiger partial charge >= 0.3 is 0 Å². The second-order valence-corrected chi connectivity index (χ2v) is 5.90. The maximum atomic E-state index is 13.2. The molecule has 3 aromatic rings. The fourth-order valence-electron chi connectivity index (χ4n) is 2.48. The Bertz CT molecular complexity index is 971. The molecule has 2 N–H and O–H groups in total. The van der Waals surface area contributed by atoms with Gasteiger partial charge in [0.05, 0.1) is 0 Å². The Morgan fingerprint density at radius 2 is 1.67 bits per heavy atom. The quantitative estimate of drug-likeness (QED) is 0.710. The Kier molecular flexibility index (Phi) is 5.56. The van der Waals surface area contributed by atoms with Crippen molar-refractivity contribution in [1.82, 2.24) is 4.98 Å². The summed E-state index contributed by atoms with van der Waals surface area (Å²) in [6.07, 6.45) is 2.30. The molecule has 2 aromatic carbocycles. The number of rotatable bonds is 5. The molecule has 0 saturated carbocycles. The van der Waals surface area contributed by atoms with E-state index < -0.39 is 17.6 Å². The number of nitrogens with one attached hydrogen (secondary N) is 2. The van der Waals surface area contributed by atoms with E-state index >= 15 is 0 Å². The summed E-state index contributed by atoms with van der Waals surface area (Å²) in [7, 11) is 0. The van der Waals surface area contributed by atoms with Crippen LogP contribution in [0.4, 0.5) is 15.8 Å². The number of aryl methyl sites for hydroxylation is 1. The molecule has 0 aliphatic rings. The monoisotopic (exact) mass is 363 g/mol. The number of benzene rings is 2. The van der Waals surface area contributed by atoms with Gasteiger partial charge in [-0.3, -0.25) is 14.6 Å². The van der Waals surface area contributed by atoms with Crippen LogP contribution in [0.5, 0.6) is 0 Å². The van der Waals surface area contributed by atoms with Crippen molar-refractivity contribution in [3.63, 3.8) is 0 Å². The minimum absolute atomic E-state index is 0.112. The highest BCUT2D eigenvalue weighted by Crippen LogP contribution is 2.14. The normalized spacial score (nSPS) is 10.3. The Hall–Kier alpha value is -3.54. The predicted octanol–water partition coefficient (Wildman–Crippen LogP) is 4.29. The first kappa shape index (κ1) is 18.3. The van der Waals surface area contributed by atoms with Crippen molar-refractivity contribution in [1.29, 1.82) is 0 Å². The molecule has 0 fully saturated rings. The lowest BCUT2D eigenvalue weighted by molar-refractivity contribution is 0.102. The largest absolute Gasteiger partial charge is 0.322 e. The molecule has 0 radical (unpaired) electrons. The SMILES string of the molecule is CCc1ccc(NC(=O)c2cc(C(=O)Nc3cccc(F)c3)ccn2)cc1. The zero-order valence-corrected chi connectivity index (χ0v) is 14.7. The number of hydrogen-bond acceptors (Lipinski definition) is 3. The molecule has 0 aliphatic carbocycles. The van der Waals surface area contributed by atoms with Crippen LogP contribution in [-0.2, 0) is 6.42 Å². The van der Waals surface area contributed by atoms with Crippen LogP contribution in [0.25, 0.3) is 0 Å². The number of nitrogens with zero attached hydrogens (tertiary/aromatic N) is 1. The van der Waals surface area contributed by atoms with E-state index in [0.29, 0.717) is 11.4 Å². The lowest BCUT2D eigenvalue weighted by atomic mass is 10.1. The van der Waals surface area contributed by atoms with Gasteiger partial charge in [-0.05, 0) is 54.4 Å². The fourth-order valence-corrected chi connectivity index (χ4v) is 2.48. The number of amides is 2. The summed E-state index contributed by atoms with van der Waals surface area (Å²) in [5, 5.41) is 5.34. The van der Waals surface area contributed by atoms with Gasteiger partial charge in [-0.2, -0.15) is 0 Å². The zero-order chi connectivity index (χ0) is 19.2. The van der Waals surface area contributed by atoms with Crippen LogP contribution in [-0.4, -0.2) is 16.8 Å². The highest BCUT2D eigenvalue weighted by atomic mass is 19.1. The summed E-state index contributed by atoms with van der Waals surface area (Å²) in [5.74, 6) is -1.32. The molecule has 0 atom stereocenters. The number of aromatic nitrogens is 1. The third-order valence-electron chi connectivity index (χ3n) is 3.96. The zero-order valence-electron chi connectivity index (χ0n) is 14.7. The summed E-state index contributed by atoms with van der Waals surface area (Å²) < 4.78 is 13.2. The van der Waals surface area contributed by atoms with Gasteiger partial charge in [0.2, 0.25) is 0 Å². The smallest absolute Gasteiger partial charge is 0.274 e. The van der Waals surface area contributed by atoms with E-state index in [-0.39, 0.29) is 11.3 Å². The minimum Gasteiger partial charge on any atom is -0.322 e. The fraction of sp³-hybridized carbons (Fsp3) is 0.0952. The summed E-state index contributed by atoms with van der Waals surface area (Å²) in [4.78, 5) is 28.7. The van der Waals surface area contributed by atoms with Crippen molar-refractivity contribution in [2.24, 2.45) is 0 Å².